The van der Waals surface area contributed by atoms with Gasteiger partial charge in [0.25, 0.3) is 0 Å². The Kier molecular flexibility index (Phi) is 4.69. The van der Waals surface area contributed by atoms with Crippen LogP contribution in [0.15, 0.2) is 12.2 Å². The number of cyclic esters (lactones) is 1. The van der Waals surface area contributed by atoms with Gasteiger partial charge in [0.1, 0.15) is 6.10 Å². The quantitative estimate of drug-likeness (QED) is 0.750. The monoisotopic (exact) mass is 241 g/mol. The summed E-state index contributed by atoms with van der Waals surface area (Å²) in [5.41, 5.74) is 0. The van der Waals surface area contributed by atoms with Gasteiger partial charge in [0.2, 0.25) is 5.91 Å². The highest BCUT2D eigenvalue weighted by atomic mass is 16.6. The van der Waals surface area contributed by atoms with Crippen molar-refractivity contribution in [1.29, 1.82) is 0 Å². The number of hydrogen-bond donors (Lipinski definition) is 1. The van der Waals surface area contributed by atoms with Crippen molar-refractivity contribution in [3.05, 3.63) is 12.2 Å². The van der Waals surface area contributed by atoms with Gasteiger partial charge in [-0.1, -0.05) is 19.9 Å². The zero-order chi connectivity index (χ0) is 13.0. The fraction of sp³-hybridized carbons (Fsp3) is 0.667. The molecule has 1 aliphatic rings. The van der Waals surface area contributed by atoms with E-state index in [9.17, 15) is 9.59 Å². The molecule has 1 rings (SSSR count). The van der Waals surface area contributed by atoms with Gasteiger partial charge in [-0.05, 0) is 18.9 Å². The van der Waals surface area contributed by atoms with Crippen molar-refractivity contribution in [1.82, 2.24) is 4.90 Å². The second-order valence-electron chi connectivity index (χ2n) is 4.36. The lowest BCUT2D eigenvalue weighted by Gasteiger charge is -2.36. The van der Waals surface area contributed by atoms with Gasteiger partial charge in [0, 0.05) is 0 Å². The van der Waals surface area contributed by atoms with Crippen LogP contribution >= 0.6 is 0 Å². The van der Waals surface area contributed by atoms with E-state index in [1.807, 2.05) is 20.8 Å². The molecule has 0 unspecified atom stereocenters. The molecule has 0 aromatic carbocycles. The molecule has 1 saturated heterocycles. The first-order chi connectivity index (χ1) is 8.02. The summed E-state index contributed by atoms with van der Waals surface area (Å²) in [6, 6.07) is 0. The maximum atomic E-state index is 12.1. The van der Waals surface area contributed by atoms with Crippen molar-refractivity contribution in [2.75, 3.05) is 13.2 Å². The van der Waals surface area contributed by atoms with Gasteiger partial charge in [0.15, 0.2) is 0 Å². The molecule has 96 valence electrons. The predicted molar refractivity (Wildman–Crippen MR) is 62.2 cm³/mol. The fourth-order valence-corrected chi connectivity index (χ4v) is 1.98. The van der Waals surface area contributed by atoms with Gasteiger partial charge in [-0.3, -0.25) is 4.79 Å². The summed E-state index contributed by atoms with van der Waals surface area (Å²) in [4.78, 5) is 24.7. The predicted octanol–water partition coefficient (Wildman–Crippen LogP) is 1.17. The molecular formula is C12H19NO4. The maximum Gasteiger partial charge on any atom is 0.417 e. The molecule has 5 nitrogen and oxygen atoms in total. The molecule has 2 atom stereocenters. The summed E-state index contributed by atoms with van der Waals surface area (Å²) in [7, 11) is 0. The number of allylic oxidation sites excluding steroid dienone is 1. The molecule has 0 aromatic rings. The van der Waals surface area contributed by atoms with E-state index in [2.05, 4.69) is 0 Å². The number of β-amino-alcohol motifs (C(OH)–C–C–N with tert-alkyl or cyclic N) is 1. The number of nitrogens with zero attached hydrogens (tertiary/aromatic N) is 1. The van der Waals surface area contributed by atoms with Crippen LogP contribution < -0.4 is 0 Å². The summed E-state index contributed by atoms with van der Waals surface area (Å²) in [6.07, 6.45) is 2.30. The zero-order valence-corrected chi connectivity index (χ0v) is 10.4. The van der Waals surface area contributed by atoms with Crippen molar-refractivity contribution in [3.63, 3.8) is 0 Å². The Balaban J connectivity index is 2.95. The molecule has 0 saturated carbocycles. The number of rotatable bonds is 4. The third-order valence-electron chi connectivity index (χ3n) is 2.79. The Morgan fingerprint density at radius 2 is 2.12 bits per heavy atom. The lowest BCUT2D eigenvalue weighted by molar-refractivity contribution is -0.145. The number of aliphatic hydroxyl groups is 1. The number of ether oxygens (including phenoxy) is 1. The molecule has 0 spiro atoms. The highest BCUT2D eigenvalue weighted by Crippen LogP contribution is 2.27. The SMILES string of the molecule is C/C=C/[C@@H]1OC(=O)N(CCO)C(=O)[C@@H]1C(C)C. The van der Waals surface area contributed by atoms with Gasteiger partial charge in [0.05, 0.1) is 19.1 Å². The Labute approximate surface area is 101 Å². The highest BCUT2D eigenvalue weighted by molar-refractivity contribution is 5.96. The lowest BCUT2D eigenvalue weighted by Crippen LogP contribution is -2.54. The lowest BCUT2D eigenvalue weighted by atomic mass is 9.87. The first-order valence-electron chi connectivity index (χ1n) is 5.78. The maximum absolute atomic E-state index is 12.1. The molecule has 5 heteroatoms. The highest BCUT2D eigenvalue weighted by Gasteiger charge is 2.42. The summed E-state index contributed by atoms with van der Waals surface area (Å²) in [5, 5.41) is 8.83. The van der Waals surface area contributed by atoms with E-state index in [0.717, 1.165) is 4.90 Å². The first kappa shape index (κ1) is 13.7. The Morgan fingerprint density at radius 3 is 2.59 bits per heavy atom. The Bertz CT molecular complexity index is 324. The van der Waals surface area contributed by atoms with Crippen LogP contribution in [0.25, 0.3) is 0 Å². The van der Waals surface area contributed by atoms with E-state index >= 15 is 0 Å². The third-order valence-corrected chi connectivity index (χ3v) is 2.79. The topological polar surface area (TPSA) is 66.8 Å². The number of aliphatic hydroxyl groups excluding tert-OH is 1. The van der Waals surface area contributed by atoms with Crippen LogP contribution in [-0.4, -0.2) is 41.3 Å². The van der Waals surface area contributed by atoms with Crippen LogP contribution in [-0.2, 0) is 9.53 Å². The summed E-state index contributed by atoms with van der Waals surface area (Å²) in [6.45, 7) is 5.38. The van der Waals surface area contributed by atoms with Crippen LogP contribution in [0.5, 0.6) is 0 Å². The average molecular weight is 241 g/mol. The van der Waals surface area contributed by atoms with E-state index in [4.69, 9.17) is 9.84 Å². The number of carbonyl (C=O) groups excluding carboxylic acids is 2. The van der Waals surface area contributed by atoms with Gasteiger partial charge in [-0.25, -0.2) is 9.69 Å². The van der Waals surface area contributed by atoms with E-state index in [-0.39, 0.29) is 30.9 Å². The van der Waals surface area contributed by atoms with Crippen LogP contribution in [0.4, 0.5) is 4.79 Å². The summed E-state index contributed by atoms with van der Waals surface area (Å²) in [5.74, 6) is -0.582. The molecule has 0 aliphatic carbocycles. The van der Waals surface area contributed by atoms with Crippen molar-refractivity contribution in [3.8, 4) is 0 Å². The van der Waals surface area contributed by atoms with Gasteiger partial charge < -0.3 is 9.84 Å². The molecule has 17 heavy (non-hydrogen) atoms. The number of imide groups is 1. The Hall–Kier alpha value is -1.36. The molecule has 1 aliphatic heterocycles. The molecule has 0 aromatic heterocycles. The average Bonchev–Trinajstić information content (AvgIpc) is 2.23. The van der Waals surface area contributed by atoms with Gasteiger partial charge in [-0.15, -0.1) is 0 Å². The standard InChI is InChI=1S/C12H19NO4/c1-4-5-9-10(8(2)3)11(15)13(6-7-14)12(16)17-9/h4-5,8-10,14H,6-7H2,1-3H3/b5-4+/t9-,10+/m0/s1. The van der Waals surface area contributed by atoms with Crippen molar-refractivity contribution < 1.29 is 19.4 Å². The van der Waals surface area contributed by atoms with Crippen molar-refractivity contribution in [2.45, 2.75) is 26.9 Å². The Morgan fingerprint density at radius 1 is 1.47 bits per heavy atom. The normalized spacial score (nSPS) is 25.8. The fourth-order valence-electron chi connectivity index (χ4n) is 1.98. The first-order valence-corrected chi connectivity index (χ1v) is 5.78. The smallest absolute Gasteiger partial charge is 0.417 e. The molecule has 1 N–H and O–H groups in total. The third kappa shape index (κ3) is 2.85. The molecule has 1 heterocycles. The largest absolute Gasteiger partial charge is 0.441 e. The van der Waals surface area contributed by atoms with Crippen LogP contribution in [0.2, 0.25) is 0 Å². The van der Waals surface area contributed by atoms with E-state index in [0.29, 0.717) is 0 Å². The minimum Gasteiger partial charge on any atom is -0.441 e. The number of carbonyl (C=O) groups is 2. The van der Waals surface area contributed by atoms with E-state index in [1.165, 1.54) is 0 Å². The number of amides is 2. The van der Waals surface area contributed by atoms with E-state index in [1.54, 1.807) is 12.2 Å². The number of hydrogen-bond acceptors (Lipinski definition) is 4. The molecule has 0 bridgehead atoms. The minimum atomic E-state index is -0.677. The second kappa shape index (κ2) is 5.82. The zero-order valence-electron chi connectivity index (χ0n) is 10.4. The molecule has 2 amide bonds. The molecule has 0 radical (unpaired) electrons. The molecule has 1 fully saturated rings. The summed E-state index contributed by atoms with van der Waals surface area (Å²) < 4.78 is 5.20. The van der Waals surface area contributed by atoms with Crippen molar-refractivity contribution in [2.24, 2.45) is 11.8 Å². The minimum absolute atomic E-state index is 0.0105. The van der Waals surface area contributed by atoms with Gasteiger partial charge in [-0.2, -0.15) is 0 Å². The van der Waals surface area contributed by atoms with Crippen molar-refractivity contribution >= 4 is 12.0 Å². The van der Waals surface area contributed by atoms with Crippen LogP contribution in [0, 0.1) is 11.8 Å². The summed E-state index contributed by atoms with van der Waals surface area (Å²) >= 11 is 0. The van der Waals surface area contributed by atoms with Crippen LogP contribution in [0.1, 0.15) is 20.8 Å². The van der Waals surface area contributed by atoms with Crippen LogP contribution in [0.3, 0.4) is 0 Å². The second-order valence-corrected chi connectivity index (χ2v) is 4.36. The molecular weight excluding hydrogens is 222 g/mol. The van der Waals surface area contributed by atoms with Gasteiger partial charge >= 0.3 is 6.09 Å². The van der Waals surface area contributed by atoms with E-state index < -0.39 is 12.2 Å².